The van der Waals surface area contributed by atoms with Gasteiger partial charge in [-0.3, -0.25) is 4.90 Å². The number of hydrogen-bond donors (Lipinski definition) is 1. The minimum absolute atomic E-state index is 0.213. The van der Waals surface area contributed by atoms with Gasteiger partial charge in [0.25, 0.3) is 0 Å². The number of nitrogens with zero attached hydrogens (tertiary/aromatic N) is 3. The number of carbonyl (C=O) groups is 1. The molecule has 0 spiro atoms. The van der Waals surface area contributed by atoms with Gasteiger partial charge in [-0.2, -0.15) is 0 Å². The van der Waals surface area contributed by atoms with Crippen molar-refractivity contribution in [3.8, 4) is 0 Å². The van der Waals surface area contributed by atoms with Crippen molar-refractivity contribution >= 4 is 23.2 Å². The fourth-order valence-corrected chi connectivity index (χ4v) is 2.79. The van der Waals surface area contributed by atoms with Crippen LogP contribution in [-0.2, 0) is 0 Å². The van der Waals surface area contributed by atoms with E-state index in [1.807, 2.05) is 9.80 Å². The van der Waals surface area contributed by atoms with Crippen LogP contribution in [0.2, 0.25) is 0 Å². The lowest BCUT2D eigenvalue weighted by atomic mass is 10.1. The summed E-state index contributed by atoms with van der Waals surface area (Å²) in [7, 11) is 0. The van der Waals surface area contributed by atoms with Gasteiger partial charge >= 0.3 is 6.03 Å². The summed E-state index contributed by atoms with van der Waals surface area (Å²) in [4.78, 5) is 19.0. The van der Waals surface area contributed by atoms with E-state index in [4.69, 9.17) is 18.0 Å². The van der Waals surface area contributed by atoms with Crippen LogP contribution in [-0.4, -0.2) is 71.5 Å². The lowest BCUT2D eigenvalue weighted by molar-refractivity contribution is 0.113. The Labute approximate surface area is 114 Å². The molecule has 2 amide bonds. The minimum Gasteiger partial charge on any atom is -0.392 e. The predicted octanol–water partition coefficient (Wildman–Crippen LogP) is 0.496. The third-order valence-corrected chi connectivity index (χ3v) is 3.78. The molecule has 2 aliphatic rings. The molecule has 0 unspecified atom stereocenters. The first-order valence-corrected chi connectivity index (χ1v) is 7.12. The maximum absolute atomic E-state index is 12.3. The third kappa shape index (κ3) is 3.55. The number of nitrogens with two attached hydrogens (primary N) is 1. The Balaban J connectivity index is 1.78. The number of amides is 2. The van der Waals surface area contributed by atoms with E-state index in [-0.39, 0.29) is 6.03 Å². The lowest BCUT2D eigenvalue weighted by Crippen LogP contribution is -2.54. The van der Waals surface area contributed by atoms with E-state index in [0.717, 1.165) is 52.1 Å². The summed E-state index contributed by atoms with van der Waals surface area (Å²) in [5, 5.41) is 0. The number of piperidine rings is 1. The molecule has 2 N–H and O–H groups in total. The van der Waals surface area contributed by atoms with Crippen molar-refractivity contribution < 1.29 is 4.79 Å². The van der Waals surface area contributed by atoms with Crippen molar-refractivity contribution in [1.82, 2.24) is 14.7 Å². The molecule has 0 aromatic rings. The molecule has 102 valence electrons. The van der Waals surface area contributed by atoms with Crippen LogP contribution in [0.25, 0.3) is 0 Å². The highest BCUT2D eigenvalue weighted by molar-refractivity contribution is 7.80. The second-order valence-electron chi connectivity index (χ2n) is 5.06. The molecule has 2 heterocycles. The summed E-state index contributed by atoms with van der Waals surface area (Å²) in [6.07, 6.45) is 3.55. The molecule has 0 radical (unpaired) electrons. The summed E-state index contributed by atoms with van der Waals surface area (Å²) >= 11 is 4.91. The van der Waals surface area contributed by atoms with Crippen molar-refractivity contribution in [3.63, 3.8) is 0 Å². The second-order valence-corrected chi connectivity index (χ2v) is 5.58. The van der Waals surface area contributed by atoms with Crippen LogP contribution in [0.3, 0.4) is 0 Å². The highest BCUT2D eigenvalue weighted by Gasteiger charge is 2.25. The number of thiocarbonyl (C=S) groups is 1. The smallest absolute Gasteiger partial charge is 0.320 e. The third-order valence-electron chi connectivity index (χ3n) is 3.65. The fraction of sp³-hybridized carbons (Fsp3) is 0.833. The van der Waals surface area contributed by atoms with E-state index in [1.165, 1.54) is 6.42 Å². The maximum Gasteiger partial charge on any atom is 0.320 e. The minimum atomic E-state index is 0.213. The monoisotopic (exact) mass is 270 g/mol. The van der Waals surface area contributed by atoms with Gasteiger partial charge in [0, 0.05) is 45.8 Å². The van der Waals surface area contributed by atoms with Gasteiger partial charge in [0.1, 0.15) is 0 Å². The van der Waals surface area contributed by atoms with Gasteiger partial charge in [0.05, 0.1) is 4.99 Å². The number of piperazine rings is 1. The van der Waals surface area contributed by atoms with Crippen LogP contribution in [0, 0.1) is 0 Å². The summed E-state index contributed by atoms with van der Waals surface area (Å²) in [5.74, 6) is 0. The normalized spacial score (nSPS) is 22.0. The van der Waals surface area contributed by atoms with E-state index in [0.29, 0.717) is 11.5 Å². The van der Waals surface area contributed by atoms with Gasteiger partial charge in [0.2, 0.25) is 0 Å². The zero-order valence-electron chi connectivity index (χ0n) is 10.8. The molecule has 0 aromatic heterocycles. The quantitative estimate of drug-likeness (QED) is 0.742. The Hall–Kier alpha value is -0.880. The topological polar surface area (TPSA) is 52.8 Å². The van der Waals surface area contributed by atoms with Crippen LogP contribution in [0.15, 0.2) is 0 Å². The van der Waals surface area contributed by atoms with Crippen molar-refractivity contribution in [2.24, 2.45) is 5.73 Å². The van der Waals surface area contributed by atoms with Gasteiger partial charge in [-0.15, -0.1) is 0 Å². The van der Waals surface area contributed by atoms with Crippen LogP contribution >= 0.6 is 12.2 Å². The molecule has 6 heteroatoms. The fourth-order valence-electron chi connectivity index (χ4n) is 2.60. The van der Waals surface area contributed by atoms with E-state index in [1.54, 1.807) is 0 Å². The Morgan fingerprint density at radius 3 is 2.06 bits per heavy atom. The highest BCUT2D eigenvalue weighted by atomic mass is 32.1. The van der Waals surface area contributed by atoms with E-state index >= 15 is 0 Å². The molecule has 2 fully saturated rings. The molecule has 2 saturated heterocycles. The molecule has 0 atom stereocenters. The number of rotatable bonds is 2. The van der Waals surface area contributed by atoms with Crippen molar-refractivity contribution in [3.05, 3.63) is 0 Å². The number of carbonyl (C=O) groups excluding carboxylic acids is 1. The number of urea groups is 1. The molecular formula is C12H22N4OS. The summed E-state index contributed by atoms with van der Waals surface area (Å²) < 4.78 is 0. The SMILES string of the molecule is NC(=S)CN1CCN(C(=O)N2CCCCC2)CC1. The molecule has 0 saturated carbocycles. The summed E-state index contributed by atoms with van der Waals surface area (Å²) in [6.45, 7) is 5.84. The van der Waals surface area contributed by atoms with Gasteiger partial charge in [-0.25, -0.2) is 4.79 Å². The van der Waals surface area contributed by atoms with E-state index in [9.17, 15) is 4.79 Å². The van der Waals surface area contributed by atoms with E-state index < -0.39 is 0 Å². The standard InChI is InChI=1S/C12H22N4OS/c13-11(18)10-14-6-8-16(9-7-14)12(17)15-4-2-1-3-5-15/h1-10H2,(H2,13,18). The molecule has 18 heavy (non-hydrogen) atoms. The average molecular weight is 270 g/mol. The maximum atomic E-state index is 12.3. The number of hydrogen-bond acceptors (Lipinski definition) is 3. The Morgan fingerprint density at radius 1 is 0.944 bits per heavy atom. The van der Waals surface area contributed by atoms with Gasteiger partial charge in [-0.1, -0.05) is 12.2 Å². The number of likely N-dealkylation sites (tertiary alicyclic amines) is 1. The van der Waals surface area contributed by atoms with Crippen LogP contribution in [0.4, 0.5) is 4.79 Å². The average Bonchev–Trinajstić information content (AvgIpc) is 2.39. The van der Waals surface area contributed by atoms with Crippen molar-refractivity contribution in [1.29, 1.82) is 0 Å². The molecular weight excluding hydrogens is 248 g/mol. The molecule has 2 aliphatic heterocycles. The molecule has 0 aliphatic carbocycles. The van der Waals surface area contributed by atoms with Crippen LogP contribution in [0.1, 0.15) is 19.3 Å². The van der Waals surface area contributed by atoms with E-state index in [2.05, 4.69) is 4.90 Å². The Bertz CT molecular complexity index is 309. The highest BCUT2D eigenvalue weighted by Crippen LogP contribution is 2.12. The Kier molecular flexibility index (Phi) is 4.77. The van der Waals surface area contributed by atoms with Crippen LogP contribution < -0.4 is 5.73 Å². The zero-order chi connectivity index (χ0) is 13.0. The Morgan fingerprint density at radius 2 is 1.50 bits per heavy atom. The second kappa shape index (κ2) is 6.33. The predicted molar refractivity (Wildman–Crippen MR) is 75.6 cm³/mol. The lowest BCUT2D eigenvalue weighted by Gasteiger charge is -2.38. The summed E-state index contributed by atoms with van der Waals surface area (Å²) in [6, 6.07) is 0.213. The zero-order valence-corrected chi connectivity index (χ0v) is 11.6. The molecule has 5 nitrogen and oxygen atoms in total. The first-order chi connectivity index (χ1) is 8.66. The van der Waals surface area contributed by atoms with Gasteiger partial charge < -0.3 is 15.5 Å². The van der Waals surface area contributed by atoms with Crippen molar-refractivity contribution in [2.75, 3.05) is 45.8 Å². The van der Waals surface area contributed by atoms with Crippen molar-refractivity contribution in [2.45, 2.75) is 19.3 Å². The first kappa shape index (κ1) is 13.5. The molecule has 0 aromatic carbocycles. The molecule has 0 bridgehead atoms. The largest absolute Gasteiger partial charge is 0.392 e. The van der Waals surface area contributed by atoms with Gasteiger partial charge in [0.15, 0.2) is 0 Å². The first-order valence-electron chi connectivity index (χ1n) is 6.71. The summed E-state index contributed by atoms with van der Waals surface area (Å²) in [5.41, 5.74) is 5.54. The van der Waals surface area contributed by atoms with Gasteiger partial charge in [-0.05, 0) is 19.3 Å². The van der Waals surface area contributed by atoms with Crippen LogP contribution in [0.5, 0.6) is 0 Å². The molecule has 2 rings (SSSR count).